The fraction of sp³-hybridized carbons (Fsp3) is 0.250. The Morgan fingerprint density at radius 2 is 1.43 bits per heavy atom. The maximum Gasteiger partial charge on any atom is 0.143 e. The minimum absolute atomic E-state index is 0.147. The lowest BCUT2D eigenvalue weighted by molar-refractivity contribution is 0.467. The van der Waals surface area contributed by atoms with E-state index >= 15 is 0 Å². The summed E-state index contributed by atoms with van der Waals surface area (Å²) >= 11 is 3.36. The molecule has 0 aliphatic heterocycles. The van der Waals surface area contributed by atoms with Crippen molar-refractivity contribution >= 4 is 27.0 Å². The topological polar surface area (TPSA) is 50.9 Å². The Balaban J connectivity index is 0.000000510. The van der Waals surface area contributed by atoms with Gasteiger partial charge in [-0.25, -0.2) is 0 Å². The summed E-state index contributed by atoms with van der Waals surface area (Å²) in [5.41, 5.74) is 2.15. The summed E-state index contributed by atoms with van der Waals surface area (Å²) < 4.78 is 0.867. The second-order valence-electron chi connectivity index (χ2n) is 3.61. The van der Waals surface area contributed by atoms with E-state index in [0.29, 0.717) is 5.69 Å². The highest BCUT2D eigenvalue weighted by atomic mass is 79.9. The molecule has 0 aliphatic rings. The second kappa shape index (κ2) is 8.42. The summed E-state index contributed by atoms with van der Waals surface area (Å²) in [6.45, 7) is 8.00. The van der Waals surface area contributed by atoms with Crippen LogP contribution in [-0.2, 0) is 0 Å². The van der Waals surface area contributed by atoms with Crippen LogP contribution in [0.15, 0.2) is 46.9 Å². The molecular formula is C16H20BrN3O. The number of phenolic OH excluding ortho intramolecular Hbond substituents is 1. The number of nitrogens with zero attached hydrogens (tertiary/aromatic N) is 3. The first kappa shape index (κ1) is 17.2. The van der Waals surface area contributed by atoms with Gasteiger partial charge in [-0.3, -0.25) is 0 Å². The first-order valence-electron chi connectivity index (χ1n) is 7.05. The van der Waals surface area contributed by atoms with Crippen molar-refractivity contribution in [2.75, 3.05) is 0 Å². The molecule has 1 N–H and O–H groups in total. The molecule has 0 saturated heterocycles. The number of aromatic hydroxyl groups is 1. The normalized spacial score (nSPS) is 9.38. The average molecular weight is 350 g/mol. The Labute approximate surface area is 133 Å². The van der Waals surface area contributed by atoms with E-state index in [9.17, 15) is 5.11 Å². The Hall–Kier alpha value is -1.88. The van der Waals surface area contributed by atoms with Gasteiger partial charge in [0.15, 0.2) is 0 Å². The van der Waals surface area contributed by atoms with Gasteiger partial charge in [-0.15, -0.1) is 15.0 Å². The molecule has 0 aliphatic carbocycles. The molecule has 0 fully saturated rings. The smallest absolute Gasteiger partial charge is 0.143 e. The van der Waals surface area contributed by atoms with Gasteiger partial charge >= 0.3 is 0 Å². The molecule has 0 bridgehead atoms. The van der Waals surface area contributed by atoms with E-state index in [1.165, 1.54) is 4.80 Å². The lowest BCUT2D eigenvalue weighted by atomic mass is 10.3. The van der Waals surface area contributed by atoms with Gasteiger partial charge in [0.2, 0.25) is 0 Å². The number of hydrogen-bond donors (Lipinski definition) is 1. The van der Waals surface area contributed by atoms with Crippen LogP contribution in [0, 0.1) is 0 Å². The zero-order valence-corrected chi connectivity index (χ0v) is 14.3. The van der Waals surface area contributed by atoms with Gasteiger partial charge in [-0.1, -0.05) is 55.8 Å². The number of fused-ring (bicyclic) bond motifs is 1. The molecule has 2 aromatic carbocycles. The van der Waals surface area contributed by atoms with Crippen LogP contribution in [0.3, 0.4) is 0 Å². The van der Waals surface area contributed by atoms with Gasteiger partial charge in [-0.2, -0.15) is 0 Å². The fourth-order valence-corrected chi connectivity index (χ4v) is 1.97. The Kier molecular flexibility index (Phi) is 6.88. The summed E-state index contributed by atoms with van der Waals surface area (Å²) in [4.78, 5) is 1.44. The van der Waals surface area contributed by atoms with Crippen molar-refractivity contribution in [1.82, 2.24) is 15.0 Å². The summed E-state index contributed by atoms with van der Waals surface area (Å²) in [7, 11) is 0. The Morgan fingerprint density at radius 3 is 1.95 bits per heavy atom. The average Bonchev–Trinajstić information content (AvgIpc) is 2.97. The third kappa shape index (κ3) is 4.04. The van der Waals surface area contributed by atoms with Gasteiger partial charge in [-0.05, 0) is 30.3 Å². The van der Waals surface area contributed by atoms with Crippen LogP contribution in [0.25, 0.3) is 16.7 Å². The zero-order chi connectivity index (χ0) is 15.8. The monoisotopic (exact) mass is 349 g/mol. The molecule has 3 aromatic rings. The van der Waals surface area contributed by atoms with Gasteiger partial charge in [0.25, 0.3) is 0 Å². The van der Waals surface area contributed by atoms with E-state index in [2.05, 4.69) is 26.1 Å². The van der Waals surface area contributed by atoms with E-state index in [0.717, 1.165) is 15.5 Å². The lowest BCUT2D eigenvalue weighted by Crippen LogP contribution is -1.98. The molecule has 5 heteroatoms. The van der Waals surface area contributed by atoms with Crippen LogP contribution in [0.4, 0.5) is 0 Å². The van der Waals surface area contributed by atoms with E-state index in [1.807, 2.05) is 52.0 Å². The number of halogens is 1. The summed E-state index contributed by atoms with van der Waals surface area (Å²) in [5.74, 6) is 0.147. The standard InChI is InChI=1S/C12H8BrN3O.2C2H6/c13-8-5-6-12(17)11(7-8)16-14-9-3-1-2-4-10(9)15-16;2*1-2/h1-7,17H;2*1-2H3. The maximum absolute atomic E-state index is 9.79. The molecule has 21 heavy (non-hydrogen) atoms. The molecule has 0 unspecified atom stereocenters. The number of benzene rings is 2. The number of rotatable bonds is 1. The maximum atomic E-state index is 9.79. The third-order valence-electron chi connectivity index (χ3n) is 2.44. The van der Waals surface area contributed by atoms with Crippen molar-refractivity contribution in [3.63, 3.8) is 0 Å². The highest BCUT2D eigenvalue weighted by Gasteiger charge is 2.08. The Morgan fingerprint density at radius 1 is 0.905 bits per heavy atom. The quantitative estimate of drug-likeness (QED) is 0.676. The molecule has 4 nitrogen and oxygen atoms in total. The van der Waals surface area contributed by atoms with Gasteiger partial charge < -0.3 is 5.11 Å². The molecule has 112 valence electrons. The van der Waals surface area contributed by atoms with Crippen LogP contribution < -0.4 is 0 Å². The molecule has 1 heterocycles. The van der Waals surface area contributed by atoms with Crippen LogP contribution in [0.5, 0.6) is 5.75 Å². The highest BCUT2D eigenvalue weighted by Crippen LogP contribution is 2.25. The van der Waals surface area contributed by atoms with Gasteiger partial charge in [0, 0.05) is 4.47 Å². The summed E-state index contributed by atoms with van der Waals surface area (Å²) in [5, 5.41) is 18.4. The van der Waals surface area contributed by atoms with Gasteiger partial charge in [0.1, 0.15) is 22.5 Å². The number of hydrogen-bond acceptors (Lipinski definition) is 3. The lowest BCUT2D eigenvalue weighted by Gasteiger charge is -2.02. The molecule has 0 radical (unpaired) electrons. The van der Waals surface area contributed by atoms with Crippen LogP contribution >= 0.6 is 15.9 Å². The molecule has 1 aromatic heterocycles. The predicted molar refractivity (Wildman–Crippen MR) is 90.9 cm³/mol. The minimum atomic E-state index is 0.147. The number of aromatic nitrogens is 3. The first-order chi connectivity index (χ1) is 10.2. The van der Waals surface area contributed by atoms with Crippen LogP contribution in [0.1, 0.15) is 27.7 Å². The van der Waals surface area contributed by atoms with Crippen molar-refractivity contribution in [2.24, 2.45) is 0 Å². The predicted octanol–water partition coefficient (Wildman–Crippen LogP) is 4.94. The van der Waals surface area contributed by atoms with E-state index < -0.39 is 0 Å². The van der Waals surface area contributed by atoms with E-state index in [4.69, 9.17) is 0 Å². The molecule has 0 saturated carbocycles. The molecule has 0 spiro atoms. The summed E-state index contributed by atoms with van der Waals surface area (Å²) in [6.07, 6.45) is 0. The molecule has 0 atom stereocenters. The minimum Gasteiger partial charge on any atom is -0.506 e. The molecular weight excluding hydrogens is 330 g/mol. The van der Waals surface area contributed by atoms with E-state index in [1.54, 1.807) is 18.2 Å². The van der Waals surface area contributed by atoms with Gasteiger partial charge in [0.05, 0.1) is 0 Å². The SMILES string of the molecule is CC.CC.Oc1ccc(Br)cc1-n1nc2ccccc2n1. The van der Waals surface area contributed by atoms with Crippen molar-refractivity contribution in [2.45, 2.75) is 27.7 Å². The van der Waals surface area contributed by atoms with Crippen molar-refractivity contribution in [1.29, 1.82) is 0 Å². The van der Waals surface area contributed by atoms with Crippen molar-refractivity contribution < 1.29 is 5.11 Å². The fourth-order valence-electron chi connectivity index (χ4n) is 1.62. The van der Waals surface area contributed by atoms with Crippen molar-refractivity contribution in [3.8, 4) is 11.4 Å². The summed E-state index contributed by atoms with van der Waals surface area (Å²) in [6, 6.07) is 12.7. The largest absolute Gasteiger partial charge is 0.506 e. The second-order valence-corrected chi connectivity index (χ2v) is 4.53. The third-order valence-corrected chi connectivity index (χ3v) is 2.93. The van der Waals surface area contributed by atoms with Crippen molar-refractivity contribution in [3.05, 3.63) is 46.9 Å². The zero-order valence-electron chi connectivity index (χ0n) is 12.7. The highest BCUT2D eigenvalue weighted by molar-refractivity contribution is 9.10. The molecule has 0 amide bonds. The van der Waals surface area contributed by atoms with E-state index in [-0.39, 0.29) is 5.75 Å². The van der Waals surface area contributed by atoms with Crippen LogP contribution in [0.2, 0.25) is 0 Å². The van der Waals surface area contributed by atoms with Crippen LogP contribution in [-0.4, -0.2) is 20.1 Å². The Bertz CT molecular complexity index is 662. The number of phenols is 1. The first-order valence-corrected chi connectivity index (χ1v) is 7.84. The molecule has 3 rings (SSSR count).